The second-order valence-electron chi connectivity index (χ2n) is 6.15. The molecule has 1 atom stereocenters. The number of rotatable bonds is 9. The Labute approximate surface area is 188 Å². The highest BCUT2D eigenvalue weighted by molar-refractivity contribution is 14.0. The summed E-state index contributed by atoms with van der Waals surface area (Å²) in [5.41, 5.74) is 0.666. The number of guanidine groups is 1. The Hall–Kier alpha value is -2.23. The third-order valence-electron chi connectivity index (χ3n) is 4.11. The lowest BCUT2D eigenvalue weighted by Crippen LogP contribution is -2.42. The van der Waals surface area contributed by atoms with Crippen molar-refractivity contribution in [1.29, 1.82) is 0 Å². The first kappa shape index (κ1) is 24.8. The van der Waals surface area contributed by atoms with Crippen LogP contribution in [0.1, 0.15) is 25.8 Å². The van der Waals surface area contributed by atoms with Crippen molar-refractivity contribution in [1.82, 2.24) is 10.6 Å². The van der Waals surface area contributed by atoms with E-state index < -0.39 is 0 Å². The van der Waals surface area contributed by atoms with Crippen LogP contribution in [0.4, 0.5) is 4.39 Å². The molecular weight excluding hydrogens is 488 g/mol. The molecule has 0 spiro atoms. The first-order valence-electron chi connectivity index (χ1n) is 9.36. The number of ether oxygens (including phenoxy) is 2. The molecule has 6 nitrogen and oxygen atoms in total. The highest BCUT2D eigenvalue weighted by atomic mass is 127. The number of hydrogen-bond donors (Lipinski definition) is 3. The van der Waals surface area contributed by atoms with Gasteiger partial charge in [-0.05, 0) is 31.5 Å². The summed E-state index contributed by atoms with van der Waals surface area (Å²) in [4.78, 5) is 4.51. The van der Waals surface area contributed by atoms with Gasteiger partial charge >= 0.3 is 0 Å². The lowest BCUT2D eigenvalue weighted by atomic mass is 10.2. The molecule has 1 unspecified atom stereocenters. The lowest BCUT2D eigenvalue weighted by molar-refractivity contribution is 0.198. The second kappa shape index (κ2) is 13.1. The Kier molecular flexibility index (Phi) is 11.2. The third-order valence-corrected chi connectivity index (χ3v) is 4.11. The Morgan fingerprint density at radius 2 is 1.93 bits per heavy atom. The van der Waals surface area contributed by atoms with Gasteiger partial charge in [0.15, 0.2) is 17.5 Å². The minimum absolute atomic E-state index is 0. The molecular formula is C21H29FIN3O3. The van der Waals surface area contributed by atoms with Crippen LogP contribution in [-0.4, -0.2) is 37.4 Å². The fourth-order valence-corrected chi connectivity index (χ4v) is 2.58. The van der Waals surface area contributed by atoms with Gasteiger partial charge in [0.1, 0.15) is 17.7 Å². The zero-order chi connectivity index (χ0) is 20.4. The van der Waals surface area contributed by atoms with E-state index in [0.717, 1.165) is 6.42 Å². The smallest absolute Gasteiger partial charge is 0.191 e. The Balaban J connectivity index is 0.00000420. The first-order valence-corrected chi connectivity index (χ1v) is 9.36. The summed E-state index contributed by atoms with van der Waals surface area (Å²) in [5.74, 6) is 1.28. The van der Waals surface area contributed by atoms with Crippen molar-refractivity contribution in [3.05, 3.63) is 53.8 Å². The predicted octanol–water partition coefficient (Wildman–Crippen LogP) is 4.07. The van der Waals surface area contributed by atoms with Crippen LogP contribution < -0.4 is 20.1 Å². The molecule has 0 aromatic heterocycles. The van der Waals surface area contributed by atoms with Gasteiger partial charge in [-0.3, -0.25) is 0 Å². The fourth-order valence-electron chi connectivity index (χ4n) is 2.58. The zero-order valence-corrected chi connectivity index (χ0v) is 19.3. The molecule has 8 heteroatoms. The molecule has 2 aromatic rings. The maximum absolute atomic E-state index is 13.3. The number of benzene rings is 2. The van der Waals surface area contributed by atoms with E-state index in [1.807, 2.05) is 19.9 Å². The third kappa shape index (κ3) is 7.96. The number of nitrogens with zero attached hydrogens (tertiary/aromatic N) is 1. The molecule has 0 aliphatic rings. The molecule has 0 saturated heterocycles. The number of methoxy groups -OCH3 is 1. The average molecular weight is 517 g/mol. The molecule has 2 aromatic carbocycles. The van der Waals surface area contributed by atoms with E-state index in [-0.39, 0.29) is 41.6 Å². The monoisotopic (exact) mass is 517 g/mol. The predicted molar refractivity (Wildman–Crippen MR) is 124 cm³/mol. The van der Waals surface area contributed by atoms with Gasteiger partial charge in [-0.15, -0.1) is 24.0 Å². The van der Waals surface area contributed by atoms with Gasteiger partial charge in [-0.25, -0.2) is 9.38 Å². The standard InChI is InChI=1S/C21H28FN3O3.HI/c1-4-17(28-18-10-7-9-16(22)12-18)14-25-21(23-5-2)24-13-15-8-6-11-19(27-3)20(15)26;/h6-12,17,26H,4-5,13-14H2,1-3H3,(H2,23,24,25);1H. The van der Waals surface area contributed by atoms with Crippen molar-refractivity contribution >= 4 is 29.9 Å². The number of aromatic hydroxyl groups is 1. The molecule has 0 bridgehead atoms. The first-order chi connectivity index (χ1) is 13.6. The lowest BCUT2D eigenvalue weighted by Gasteiger charge is -2.20. The van der Waals surface area contributed by atoms with Gasteiger partial charge in [-0.1, -0.05) is 25.1 Å². The van der Waals surface area contributed by atoms with E-state index in [1.165, 1.54) is 19.2 Å². The Bertz CT molecular complexity index is 790. The highest BCUT2D eigenvalue weighted by Crippen LogP contribution is 2.29. The minimum atomic E-state index is -0.326. The summed E-state index contributed by atoms with van der Waals surface area (Å²) in [6, 6.07) is 11.4. The summed E-state index contributed by atoms with van der Waals surface area (Å²) < 4.78 is 24.3. The maximum Gasteiger partial charge on any atom is 0.191 e. The van der Waals surface area contributed by atoms with E-state index >= 15 is 0 Å². The largest absolute Gasteiger partial charge is 0.504 e. The van der Waals surface area contributed by atoms with Crippen molar-refractivity contribution in [3.63, 3.8) is 0 Å². The Morgan fingerprint density at radius 1 is 1.17 bits per heavy atom. The number of phenolic OH excluding ortho intramolecular Hbond substituents is 1. The maximum atomic E-state index is 13.3. The van der Waals surface area contributed by atoms with Crippen molar-refractivity contribution in [2.45, 2.75) is 32.9 Å². The van der Waals surface area contributed by atoms with Crippen LogP contribution in [0, 0.1) is 5.82 Å². The SMILES string of the molecule is CCNC(=NCc1cccc(OC)c1O)NCC(CC)Oc1cccc(F)c1.I. The molecule has 0 aliphatic carbocycles. The summed E-state index contributed by atoms with van der Waals surface area (Å²) in [6.45, 7) is 5.46. The van der Waals surface area contributed by atoms with Crippen molar-refractivity contribution < 1.29 is 19.0 Å². The zero-order valence-electron chi connectivity index (χ0n) is 16.9. The topological polar surface area (TPSA) is 75.1 Å². The van der Waals surface area contributed by atoms with Gasteiger partial charge < -0.3 is 25.2 Å². The minimum Gasteiger partial charge on any atom is -0.504 e. The van der Waals surface area contributed by atoms with Gasteiger partial charge in [0.25, 0.3) is 0 Å². The molecule has 0 amide bonds. The summed E-state index contributed by atoms with van der Waals surface area (Å²) in [7, 11) is 1.51. The van der Waals surface area contributed by atoms with E-state index in [2.05, 4.69) is 15.6 Å². The van der Waals surface area contributed by atoms with Gasteiger partial charge in [-0.2, -0.15) is 0 Å². The number of halogens is 2. The molecule has 160 valence electrons. The summed E-state index contributed by atoms with van der Waals surface area (Å²) >= 11 is 0. The van der Waals surface area contributed by atoms with Crippen LogP contribution >= 0.6 is 24.0 Å². The van der Waals surface area contributed by atoms with Gasteiger partial charge in [0.2, 0.25) is 0 Å². The number of nitrogens with one attached hydrogen (secondary N) is 2. The molecule has 0 fully saturated rings. The molecule has 2 rings (SSSR count). The quantitative estimate of drug-likeness (QED) is 0.266. The van der Waals surface area contributed by atoms with Crippen LogP contribution in [0.15, 0.2) is 47.5 Å². The molecule has 0 aliphatic heterocycles. The number of para-hydroxylation sites is 1. The molecule has 0 radical (unpaired) electrons. The van der Waals surface area contributed by atoms with E-state index in [9.17, 15) is 9.50 Å². The van der Waals surface area contributed by atoms with Crippen LogP contribution in [0.25, 0.3) is 0 Å². The van der Waals surface area contributed by atoms with E-state index in [0.29, 0.717) is 42.7 Å². The summed E-state index contributed by atoms with van der Waals surface area (Å²) in [6.07, 6.45) is 0.607. The normalized spacial score (nSPS) is 11.9. The number of aliphatic imine (C=N–C) groups is 1. The summed E-state index contributed by atoms with van der Waals surface area (Å²) in [5, 5.41) is 16.6. The van der Waals surface area contributed by atoms with E-state index in [4.69, 9.17) is 9.47 Å². The van der Waals surface area contributed by atoms with Crippen LogP contribution in [0.5, 0.6) is 17.2 Å². The van der Waals surface area contributed by atoms with Gasteiger partial charge in [0, 0.05) is 18.2 Å². The van der Waals surface area contributed by atoms with Crippen molar-refractivity contribution in [2.24, 2.45) is 4.99 Å². The number of phenols is 1. The molecule has 3 N–H and O–H groups in total. The fraction of sp³-hybridized carbons (Fsp3) is 0.381. The molecule has 29 heavy (non-hydrogen) atoms. The highest BCUT2D eigenvalue weighted by Gasteiger charge is 2.11. The van der Waals surface area contributed by atoms with Crippen molar-refractivity contribution in [2.75, 3.05) is 20.2 Å². The Morgan fingerprint density at radius 3 is 2.59 bits per heavy atom. The van der Waals surface area contributed by atoms with Crippen LogP contribution in [0.3, 0.4) is 0 Å². The second-order valence-corrected chi connectivity index (χ2v) is 6.15. The van der Waals surface area contributed by atoms with Crippen molar-refractivity contribution in [3.8, 4) is 17.2 Å². The number of hydrogen-bond acceptors (Lipinski definition) is 4. The average Bonchev–Trinajstić information content (AvgIpc) is 2.70. The van der Waals surface area contributed by atoms with E-state index in [1.54, 1.807) is 24.3 Å². The van der Waals surface area contributed by atoms with Crippen LogP contribution in [0.2, 0.25) is 0 Å². The van der Waals surface area contributed by atoms with Crippen LogP contribution in [-0.2, 0) is 6.54 Å². The molecule has 0 heterocycles. The molecule has 0 saturated carbocycles. The van der Waals surface area contributed by atoms with Gasteiger partial charge in [0.05, 0.1) is 20.2 Å².